The normalized spacial score (nSPS) is 29.3. The maximum absolute atomic E-state index is 12.7. The quantitative estimate of drug-likeness (QED) is 0.899. The highest BCUT2D eigenvalue weighted by Gasteiger charge is 2.51. The Labute approximate surface area is 149 Å². The number of carbonyl (C=O) groups excluding carboxylic acids is 1. The van der Waals surface area contributed by atoms with Crippen molar-refractivity contribution in [2.45, 2.75) is 57.0 Å². The summed E-state index contributed by atoms with van der Waals surface area (Å²) in [5, 5.41) is 7.62. The molecule has 1 aromatic carbocycles. The van der Waals surface area contributed by atoms with E-state index in [1.54, 1.807) is 6.20 Å². The lowest BCUT2D eigenvalue weighted by Crippen LogP contribution is -2.59. The summed E-state index contributed by atoms with van der Waals surface area (Å²) >= 11 is 0. The zero-order chi connectivity index (χ0) is 17.2. The van der Waals surface area contributed by atoms with Crippen molar-refractivity contribution in [1.29, 1.82) is 0 Å². The summed E-state index contributed by atoms with van der Waals surface area (Å²) in [7, 11) is 0. The molecule has 0 aliphatic heterocycles. The van der Waals surface area contributed by atoms with Crippen LogP contribution in [0.4, 0.5) is 0 Å². The molecule has 1 heterocycles. The molecule has 1 aromatic heterocycles. The molecule has 0 saturated heterocycles. The van der Waals surface area contributed by atoms with Gasteiger partial charge in [0.1, 0.15) is 0 Å². The first-order valence-corrected chi connectivity index (χ1v) is 9.57. The molecule has 0 radical (unpaired) electrons. The summed E-state index contributed by atoms with van der Waals surface area (Å²) in [6.45, 7) is 2.05. The van der Waals surface area contributed by atoms with Gasteiger partial charge in [0, 0.05) is 30.8 Å². The van der Waals surface area contributed by atoms with Gasteiger partial charge in [-0.3, -0.25) is 9.48 Å². The van der Waals surface area contributed by atoms with E-state index in [2.05, 4.69) is 40.7 Å². The molecule has 25 heavy (non-hydrogen) atoms. The average Bonchev–Trinajstić information content (AvgIpc) is 3.16. The van der Waals surface area contributed by atoms with Crippen molar-refractivity contribution in [2.24, 2.45) is 11.8 Å². The van der Waals surface area contributed by atoms with Crippen molar-refractivity contribution in [3.05, 3.63) is 54.4 Å². The predicted molar refractivity (Wildman–Crippen MR) is 98.1 cm³/mol. The molecule has 132 valence electrons. The number of nitrogens with one attached hydrogen (secondary N) is 1. The van der Waals surface area contributed by atoms with Crippen LogP contribution < -0.4 is 5.32 Å². The zero-order valence-electron chi connectivity index (χ0n) is 14.8. The molecule has 0 unspecified atom stereocenters. The van der Waals surface area contributed by atoms with E-state index in [1.165, 1.54) is 31.2 Å². The molecule has 2 aliphatic carbocycles. The minimum Gasteiger partial charge on any atom is -0.352 e. The third-order valence-electron chi connectivity index (χ3n) is 6.15. The fraction of sp³-hybridized carbons (Fsp3) is 0.524. The Bertz CT molecular complexity index is 697. The first-order valence-electron chi connectivity index (χ1n) is 9.57. The standard InChI is InChI=1S/C21H27N3O/c1-15(24-13-7-12-22-24)14-19(25)23-21-18-11-6-5-10-17(18)20(21)16-8-3-2-4-9-16/h2-4,7-9,12-13,15,17-18,20-21H,5-6,10-11,14H2,1H3,(H,23,25)/t15-,17+,18-,20+,21+/m1/s1. The van der Waals surface area contributed by atoms with Gasteiger partial charge >= 0.3 is 0 Å². The van der Waals surface area contributed by atoms with Crippen molar-refractivity contribution >= 4 is 5.91 Å². The van der Waals surface area contributed by atoms with Crippen LogP contribution in [-0.2, 0) is 4.79 Å². The van der Waals surface area contributed by atoms with Crippen molar-refractivity contribution in [3.63, 3.8) is 0 Å². The summed E-state index contributed by atoms with van der Waals surface area (Å²) in [5.74, 6) is 2.03. The number of hydrogen-bond acceptors (Lipinski definition) is 2. The van der Waals surface area contributed by atoms with Gasteiger partial charge < -0.3 is 5.32 Å². The highest BCUT2D eigenvalue weighted by molar-refractivity contribution is 5.77. The third kappa shape index (κ3) is 3.22. The molecule has 2 saturated carbocycles. The Morgan fingerprint density at radius 2 is 1.96 bits per heavy atom. The Morgan fingerprint density at radius 3 is 2.68 bits per heavy atom. The molecule has 2 fully saturated rings. The van der Waals surface area contributed by atoms with Crippen LogP contribution in [-0.4, -0.2) is 21.7 Å². The van der Waals surface area contributed by atoms with E-state index in [0.717, 1.165) is 5.92 Å². The molecule has 2 aliphatic rings. The Hall–Kier alpha value is -2.10. The van der Waals surface area contributed by atoms with Gasteiger partial charge in [-0.15, -0.1) is 0 Å². The lowest BCUT2D eigenvalue weighted by Gasteiger charge is -2.55. The number of rotatable bonds is 5. The summed E-state index contributed by atoms with van der Waals surface area (Å²) in [5.41, 5.74) is 1.39. The fourth-order valence-electron chi connectivity index (χ4n) is 4.94. The van der Waals surface area contributed by atoms with Crippen LogP contribution in [0, 0.1) is 11.8 Å². The number of amides is 1. The zero-order valence-corrected chi connectivity index (χ0v) is 14.8. The van der Waals surface area contributed by atoms with Gasteiger partial charge in [0.15, 0.2) is 0 Å². The smallest absolute Gasteiger partial charge is 0.222 e. The van der Waals surface area contributed by atoms with Crippen LogP contribution in [0.2, 0.25) is 0 Å². The van der Waals surface area contributed by atoms with Crippen LogP contribution in [0.1, 0.15) is 56.6 Å². The topological polar surface area (TPSA) is 46.9 Å². The molecule has 1 N–H and O–H groups in total. The minimum atomic E-state index is 0.0902. The minimum absolute atomic E-state index is 0.0902. The first kappa shape index (κ1) is 16.4. The maximum Gasteiger partial charge on any atom is 0.222 e. The van der Waals surface area contributed by atoms with Crippen molar-refractivity contribution in [2.75, 3.05) is 0 Å². The molecule has 4 rings (SSSR count). The highest BCUT2D eigenvalue weighted by Crippen LogP contribution is 2.54. The molecule has 0 bridgehead atoms. The van der Waals surface area contributed by atoms with E-state index in [0.29, 0.717) is 24.3 Å². The average molecular weight is 337 g/mol. The molecule has 1 amide bonds. The van der Waals surface area contributed by atoms with E-state index in [1.807, 2.05) is 23.9 Å². The summed E-state index contributed by atoms with van der Waals surface area (Å²) in [6.07, 6.45) is 9.37. The Morgan fingerprint density at radius 1 is 1.20 bits per heavy atom. The van der Waals surface area contributed by atoms with Gasteiger partial charge in [0.2, 0.25) is 5.91 Å². The fourth-order valence-corrected chi connectivity index (χ4v) is 4.94. The Kier molecular flexibility index (Phi) is 4.60. The van der Waals surface area contributed by atoms with E-state index in [-0.39, 0.29) is 11.9 Å². The predicted octanol–water partition coefficient (Wildman–Crippen LogP) is 3.92. The number of fused-ring (bicyclic) bond motifs is 1. The van der Waals surface area contributed by atoms with E-state index in [4.69, 9.17) is 0 Å². The van der Waals surface area contributed by atoms with Crippen LogP contribution in [0.5, 0.6) is 0 Å². The van der Waals surface area contributed by atoms with Gasteiger partial charge in [0.05, 0.1) is 6.04 Å². The van der Waals surface area contributed by atoms with Gasteiger partial charge in [-0.2, -0.15) is 5.10 Å². The highest BCUT2D eigenvalue weighted by atomic mass is 16.1. The second-order valence-corrected chi connectivity index (χ2v) is 7.68. The monoisotopic (exact) mass is 337 g/mol. The van der Waals surface area contributed by atoms with Gasteiger partial charge in [-0.05, 0) is 43.2 Å². The van der Waals surface area contributed by atoms with Crippen LogP contribution >= 0.6 is 0 Å². The van der Waals surface area contributed by atoms with Gasteiger partial charge in [-0.25, -0.2) is 0 Å². The van der Waals surface area contributed by atoms with E-state index < -0.39 is 0 Å². The van der Waals surface area contributed by atoms with E-state index >= 15 is 0 Å². The van der Waals surface area contributed by atoms with Crippen molar-refractivity contribution < 1.29 is 4.79 Å². The molecule has 4 nitrogen and oxygen atoms in total. The number of hydrogen-bond donors (Lipinski definition) is 1. The largest absolute Gasteiger partial charge is 0.352 e. The molecule has 2 aromatic rings. The van der Waals surface area contributed by atoms with Crippen LogP contribution in [0.15, 0.2) is 48.8 Å². The maximum atomic E-state index is 12.7. The molecule has 4 heteroatoms. The lowest BCUT2D eigenvalue weighted by atomic mass is 9.53. The van der Waals surface area contributed by atoms with E-state index in [9.17, 15) is 4.79 Å². The third-order valence-corrected chi connectivity index (χ3v) is 6.15. The first-order chi connectivity index (χ1) is 12.2. The summed E-state index contributed by atoms with van der Waals surface area (Å²) in [6, 6.07) is 13.0. The Balaban J connectivity index is 1.44. The van der Waals surface area contributed by atoms with Crippen molar-refractivity contribution in [1.82, 2.24) is 15.1 Å². The van der Waals surface area contributed by atoms with Gasteiger partial charge in [0.25, 0.3) is 0 Å². The second-order valence-electron chi connectivity index (χ2n) is 7.68. The number of carbonyl (C=O) groups is 1. The molecule has 0 spiro atoms. The van der Waals surface area contributed by atoms with Crippen LogP contribution in [0.3, 0.4) is 0 Å². The number of nitrogens with zero attached hydrogens (tertiary/aromatic N) is 2. The van der Waals surface area contributed by atoms with Crippen molar-refractivity contribution in [3.8, 4) is 0 Å². The molecule has 5 atom stereocenters. The molecular weight excluding hydrogens is 310 g/mol. The number of aromatic nitrogens is 2. The second kappa shape index (κ2) is 7.03. The SMILES string of the molecule is C[C@H](CC(=O)N[C@H]1[C@@H]2CCCC[C@@H]2[C@@H]1c1ccccc1)n1cccn1. The summed E-state index contributed by atoms with van der Waals surface area (Å²) in [4.78, 5) is 12.7. The summed E-state index contributed by atoms with van der Waals surface area (Å²) < 4.78 is 1.86. The van der Waals surface area contributed by atoms with Crippen LogP contribution in [0.25, 0.3) is 0 Å². The van der Waals surface area contributed by atoms with Gasteiger partial charge in [-0.1, -0.05) is 43.2 Å². The lowest BCUT2D eigenvalue weighted by molar-refractivity contribution is -0.125. The molecular formula is C21H27N3O. The number of benzene rings is 1.